The van der Waals surface area contributed by atoms with Crippen molar-refractivity contribution in [1.82, 2.24) is 20.3 Å². The van der Waals surface area contributed by atoms with Crippen molar-refractivity contribution in [3.8, 4) is 0 Å². The number of hydrogen-bond donors (Lipinski definition) is 3. The number of nitrogens with zero attached hydrogens (tertiary/aromatic N) is 3. The van der Waals surface area contributed by atoms with Gasteiger partial charge in [-0.2, -0.15) is 15.0 Å². The lowest BCUT2D eigenvalue weighted by Gasteiger charge is -2.55. The van der Waals surface area contributed by atoms with Crippen molar-refractivity contribution in [3.05, 3.63) is 5.82 Å². The first-order valence-corrected chi connectivity index (χ1v) is 9.56. The zero-order chi connectivity index (χ0) is 19.2. The molecule has 0 radical (unpaired) electrons. The number of hydrogen-bond acceptors (Lipinski definition) is 8. The number of anilines is 2. The minimum atomic E-state index is -0.734. The summed E-state index contributed by atoms with van der Waals surface area (Å²) < 4.78 is 5.20. The zero-order valence-corrected chi connectivity index (χ0v) is 15.5. The molecule has 27 heavy (non-hydrogen) atoms. The van der Waals surface area contributed by atoms with Gasteiger partial charge in [0.1, 0.15) is 6.04 Å². The molecule has 4 saturated carbocycles. The maximum Gasteiger partial charge on any atom is 0.328 e. The Bertz CT molecular complexity index is 712. The molecule has 0 spiro atoms. The van der Waals surface area contributed by atoms with Gasteiger partial charge in [0.2, 0.25) is 17.8 Å². The van der Waals surface area contributed by atoms with Crippen LogP contribution in [-0.4, -0.2) is 32.9 Å². The first-order valence-electron chi connectivity index (χ1n) is 9.56. The highest BCUT2D eigenvalue weighted by molar-refractivity contribution is 5.88. The summed E-state index contributed by atoms with van der Waals surface area (Å²) in [5.74, 6) is 1.59. The van der Waals surface area contributed by atoms with Crippen molar-refractivity contribution >= 4 is 23.8 Å². The molecule has 9 nitrogen and oxygen atoms in total. The smallest absolute Gasteiger partial charge is 0.328 e. The van der Waals surface area contributed by atoms with Gasteiger partial charge in [-0.25, -0.2) is 4.79 Å². The predicted octanol–water partition coefficient (Wildman–Crippen LogP) is 0.800. The highest BCUT2D eigenvalue weighted by Crippen LogP contribution is 2.60. The molecule has 5 rings (SSSR count). The maximum absolute atomic E-state index is 13.0. The molecule has 5 N–H and O–H groups in total. The predicted molar refractivity (Wildman–Crippen MR) is 96.7 cm³/mol. The Morgan fingerprint density at radius 3 is 2.11 bits per heavy atom. The number of carbonyl (C=O) groups is 2. The lowest BCUT2D eigenvalue weighted by atomic mass is 9.49. The van der Waals surface area contributed by atoms with Crippen LogP contribution in [0.3, 0.4) is 0 Å². The van der Waals surface area contributed by atoms with E-state index in [-0.39, 0.29) is 35.7 Å². The van der Waals surface area contributed by atoms with E-state index in [1.54, 1.807) is 6.92 Å². The van der Waals surface area contributed by atoms with E-state index in [9.17, 15) is 9.59 Å². The molecule has 4 bridgehead atoms. The number of esters is 1. The van der Waals surface area contributed by atoms with Crippen LogP contribution in [0.15, 0.2) is 0 Å². The van der Waals surface area contributed by atoms with E-state index in [2.05, 4.69) is 20.3 Å². The first kappa shape index (κ1) is 17.9. The van der Waals surface area contributed by atoms with Crippen molar-refractivity contribution in [3.63, 3.8) is 0 Å². The summed E-state index contributed by atoms with van der Waals surface area (Å²) in [7, 11) is 0. The van der Waals surface area contributed by atoms with Crippen LogP contribution in [-0.2, 0) is 20.9 Å². The molecule has 1 aromatic rings. The van der Waals surface area contributed by atoms with Crippen LogP contribution in [0.1, 0.15) is 51.3 Å². The van der Waals surface area contributed by atoms with Gasteiger partial charge in [-0.15, -0.1) is 0 Å². The Morgan fingerprint density at radius 1 is 1.07 bits per heavy atom. The lowest BCUT2D eigenvalue weighted by Crippen LogP contribution is -2.55. The van der Waals surface area contributed by atoms with E-state index in [4.69, 9.17) is 16.2 Å². The second-order valence-corrected chi connectivity index (χ2v) is 8.47. The fraction of sp³-hybridized carbons (Fsp3) is 0.722. The Hall–Kier alpha value is -2.45. The van der Waals surface area contributed by atoms with Crippen molar-refractivity contribution < 1.29 is 14.3 Å². The molecule has 1 atom stereocenters. The molecule has 4 fully saturated rings. The van der Waals surface area contributed by atoms with Crippen molar-refractivity contribution in [2.75, 3.05) is 11.5 Å². The third-order valence-corrected chi connectivity index (χ3v) is 6.28. The first-order chi connectivity index (χ1) is 12.8. The zero-order valence-electron chi connectivity index (χ0n) is 15.5. The third-order valence-electron chi connectivity index (χ3n) is 6.28. The molecule has 1 aromatic heterocycles. The fourth-order valence-electron chi connectivity index (χ4n) is 5.58. The van der Waals surface area contributed by atoms with Crippen LogP contribution in [0, 0.1) is 23.2 Å². The van der Waals surface area contributed by atoms with Crippen LogP contribution in [0.4, 0.5) is 11.9 Å². The molecule has 4 aliphatic rings. The number of aromatic nitrogens is 3. The summed E-state index contributed by atoms with van der Waals surface area (Å²) in [6, 6.07) is -0.734. The highest BCUT2D eigenvalue weighted by Gasteiger charge is 2.54. The number of nitrogens with one attached hydrogen (secondary N) is 1. The van der Waals surface area contributed by atoms with Crippen LogP contribution < -0.4 is 16.8 Å². The average molecular weight is 374 g/mol. The summed E-state index contributed by atoms with van der Waals surface area (Å²) in [5.41, 5.74) is 10.7. The van der Waals surface area contributed by atoms with Gasteiger partial charge in [-0.3, -0.25) is 4.79 Å². The Labute approximate surface area is 157 Å². The summed E-state index contributed by atoms with van der Waals surface area (Å²) in [5, 5.41) is 2.88. The Kier molecular flexibility index (Phi) is 4.39. The van der Waals surface area contributed by atoms with E-state index in [1.807, 2.05) is 0 Å². The van der Waals surface area contributed by atoms with Gasteiger partial charge in [-0.1, -0.05) is 0 Å². The molecule has 0 aromatic carbocycles. The van der Waals surface area contributed by atoms with Crippen LogP contribution in [0.2, 0.25) is 0 Å². The third kappa shape index (κ3) is 3.54. The summed E-state index contributed by atoms with van der Waals surface area (Å²) in [6.45, 7) is 1.46. The number of ether oxygens (including phenoxy) is 1. The van der Waals surface area contributed by atoms with Gasteiger partial charge in [0.05, 0.1) is 0 Å². The van der Waals surface area contributed by atoms with Crippen molar-refractivity contribution in [1.29, 1.82) is 0 Å². The lowest BCUT2D eigenvalue weighted by molar-refractivity contribution is -0.154. The second-order valence-electron chi connectivity index (χ2n) is 8.47. The van der Waals surface area contributed by atoms with Crippen LogP contribution >= 0.6 is 0 Å². The fourth-order valence-corrected chi connectivity index (χ4v) is 5.58. The number of amides is 1. The molecule has 146 valence electrons. The molecular formula is C18H26N6O3. The van der Waals surface area contributed by atoms with Gasteiger partial charge in [-0.05, 0) is 63.2 Å². The number of nitrogen functional groups attached to an aromatic ring is 2. The normalized spacial score (nSPS) is 32.1. The van der Waals surface area contributed by atoms with Gasteiger partial charge in [0.15, 0.2) is 12.4 Å². The average Bonchev–Trinajstić information content (AvgIpc) is 2.57. The molecule has 1 heterocycles. The van der Waals surface area contributed by atoms with Gasteiger partial charge in [0, 0.05) is 5.41 Å². The monoisotopic (exact) mass is 374 g/mol. The Balaban J connectivity index is 1.33. The quantitative estimate of drug-likeness (QED) is 0.641. The van der Waals surface area contributed by atoms with E-state index in [1.165, 1.54) is 19.3 Å². The van der Waals surface area contributed by atoms with Gasteiger partial charge in [0.25, 0.3) is 0 Å². The van der Waals surface area contributed by atoms with Crippen LogP contribution in [0.25, 0.3) is 0 Å². The molecule has 0 unspecified atom stereocenters. The molecule has 1 amide bonds. The molecular weight excluding hydrogens is 348 g/mol. The SMILES string of the molecule is C[C@H](NC(=O)C12CC3CC(CC(C3)C1)C2)C(=O)OCc1nc(N)nc(N)n1. The van der Waals surface area contributed by atoms with Gasteiger partial charge < -0.3 is 21.5 Å². The van der Waals surface area contributed by atoms with Crippen LogP contribution in [0.5, 0.6) is 0 Å². The van der Waals surface area contributed by atoms with E-state index < -0.39 is 12.0 Å². The van der Waals surface area contributed by atoms with Crippen molar-refractivity contribution in [2.45, 2.75) is 58.1 Å². The summed E-state index contributed by atoms with van der Waals surface area (Å²) in [4.78, 5) is 36.7. The molecule has 4 aliphatic carbocycles. The minimum absolute atomic E-state index is 0.000278. The van der Waals surface area contributed by atoms with E-state index >= 15 is 0 Å². The standard InChI is InChI=1S/C18H26N6O3/c1-9(14(25)27-8-13-22-16(19)24-17(20)23-13)21-15(26)18-5-10-2-11(6-18)4-12(3-10)7-18/h9-12H,2-8H2,1H3,(H,21,26)(H4,19,20,22,23,24)/t9-,10?,11?,12?,18?/m0/s1. The van der Waals surface area contributed by atoms with Gasteiger partial charge >= 0.3 is 5.97 Å². The number of carbonyl (C=O) groups excluding carboxylic acids is 2. The van der Waals surface area contributed by atoms with Crippen molar-refractivity contribution in [2.24, 2.45) is 23.2 Å². The molecule has 9 heteroatoms. The number of rotatable bonds is 5. The summed E-state index contributed by atoms with van der Waals surface area (Å²) in [6.07, 6.45) is 6.66. The number of nitrogens with two attached hydrogens (primary N) is 2. The highest BCUT2D eigenvalue weighted by atomic mass is 16.5. The summed E-state index contributed by atoms with van der Waals surface area (Å²) >= 11 is 0. The topological polar surface area (TPSA) is 146 Å². The molecule has 0 aliphatic heterocycles. The largest absolute Gasteiger partial charge is 0.456 e. The second kappa shape index (κ2) is 6.61. The maximum atomic E-state index is 13.0. The van der Waals surface area contributed by atoms with E-state index in [0.717, 1.165) is 19.3 Å². The van der Waals surface area contributed by atoms with E-state index in [0.29, 0.717) is 17.8 Å². The minimum Gasteiger partial charge on any atom is -0.456 e. The Morgan fingerprint density at radius 2 is 1.59 bits per heavy atom. The molecule has 0 saturated heterocycles.